The first-order valence-electron chi connectivity index (χ1n) is 7.68. The quantitative estimate of drug-likeness (QED) is 0.867. The normalized spacial score (nSPS) is 15.1. The Morgan fingerprint density at radius 3 is 2.43 bits per heavy atom. The van der Waals surface area contributed by atoms with Crippen LogP contribution in [0.15, 0.2) is 30.3 Å². The second kappa shape index (κ2) is 6.86. The van der Waals surface area contributed by atoms with Crippen LogP contribution in [0.1, 0.15) is 32.3 Å². The van der Waals surface area contributed by atoms with Crippen LogP contribution in [0.2, 0.25) is 0 Å². The van der Waals surface area contributed by atoms with Gasteiger partial charge >= 0.3 is 5.97 Å². The molecule has 5 nitrogen and oxygen atoms in total. The first-order valence-corrected chi connectivity index (χ1v) is 7.68. The van der Waals surface area contributed by atoms with E-state index in [0.717, 1.165) is 12.0 Å². The Kier molecular flexibility index (Phi) is 5.08. The van der Waals surface area contributed by atoms with Gasteiger partial charge in [-0.2, -0.15) is 0 Å². The smallest absolute Gasteiger partial charge is 0.306 e. The van der Waals surface area contributed by atoms with Gasteiger partial charge in [0, 0.05) is 13.1 Å². The molecule has 1 heterocycles. The van der Waals surface area contributed by atoms with Crippen molar-refractivity contribution < 1.29 is 19.4 Å². The molecule has 0 aromatic heterocycles. The number of methoxy groups -OCH3 is 1. The molecule has 0 radical (unpaired) electrons. The van der Waals surface area contributed by atoms with E-state index in [9.17, 15) is 14.7 Å². The summed E-state index contributed by atoms with van der Waals surface area (Å²) in [7, 11) is 1.33. The Balaban J connectivity index is 2.03. The molecule has 1 aliphatic rings. The zero-order valence-corrected chi connectivity index (χ0v) is 13.8. The minimum absolute atomic E-state index is 0.0380. The van der Waals surface area contributed by atoms with Crippen LogP contribution in [0.25, 0.3) is 5.57 Å². The summed E-state index contributed by atoms with van der Waals surface area (Å²) in [6.07, 6.45) is 2.86. The summed E-state index contributed by atoms with van der Waals surface area (Å²) in [6.45, 7) is 4.69. The van der Waals surface area contributed by atoms with Crippen molar-refractivity contribution in [2.75, 3.05) is 20.2 Å². The van der Waals surface area contributed by atoms with E-state index in [4.69, 9.17) is 0 Å². The van der Waals surface area contributed by atoms with Crippen LogP contribution in [0.4, 0.5) is 0 Å². The molecule has 0 aliphatic carbocycles. The predicted octanol–water partition coefficient (Wildman–Crippen LogP) is 2.60. The molecule has 0 spiro atoms. The van der Waals surface area contributed by atoms with Crippen molar-refractivity contribution in [1.29, 1.82) is 0 Å². The van der Waals surface area contributed by atoms with Gasteiger partial charge < -0.3 is 14.7 Å². The molecule has 5 heteroatoms. The molecule has 0 atom stereocenters. The van der Waals surface area contributed by atoms with Gasteiger partial charge in [0.1, 0.15) is 5.75 Å². The van der Waals surface area contributed by atoms with Gasteiger partial charge in [-0.3, -0.25) is 9.59 Å². The van der Waals surface area contributed by atoms with E-state index in [-0.39, 0.29) is 24.0 Å². The minimum Gasteiger partial charge on any atom is -0.508 e. The zero-order valence-electron chi connectivity index (χ0n) is 13.8. The Morgan fingerprint density at radius 1 is 1.26 bits per heavy atom. The van der Waals surface area contributed by atoms with Crippen LogP contribution >= 0.6 is 0 Å². The maximum atomic E-state index is 12.6. The number of hydrogen-bond donors (Lipinski definition) is 1. The maximum absolute atomic E-state index is 12.6. The van der Waals surface area contributed by atoms with Crippen molar-refractivity contribution in [1.82, 2.24) is 4.90 Å². The summed E-state index contributed by atoms with van der Waals surface area (Å²) in [5.74, 6) is -0.170. The van der Waals surface area contributed by atoms with Gasteiger partial charge in [-0.15, -0.1) is 0 Å². The molecule has 0 saturated heterocycles. The number of carbonyl (C=O) groups is 2. The lowest BCUT2D eigenvalue weighted by molar-refractivity contribution is -0.150. The summed E-state index contributed by atoms with van der Waals surface area (Å²) in [5, 5.41) is 9.34. The van der Waals surface area contributed by atoms with E-state index in [1.807, 2.05) is 18.2 Å². The van der Waals surface area contributed by atoms with E-state index < -0.39 is 5.41 Å². The van der Waals surface area contributed by atoms with Crippen molar-refractivity contribution in [2.45, 2.75) is 26.7 Å². The highest BCUT2D eigenvalue weighted by Gasteiger charge is 2.35. The van der Waals surface area contributed by atoms with Crippen LogP contribution in [0.3, 0.4) is 0 Å². The maximum Gasteiger partial charge on any atom is 0.306 e. The first-order chi connectivity index (χ1) is 10.8. The van der Waals surface area contributed by atoms with E-state index >= 15 is 0 Å². The van der Waals surface area contributed by atoms with Crippen LogP contribution < -0.4 is 0 Å². The molecule has 1 N–H and O–H groups in total. The fourth-order valence-electron chi connectivity index (χ4n) is 2.73. The highest BCUT2D eigenvalue weighted by Crippen LogP contribution is 2.28. The average Bonchev–Trinajstić information content (AvgIpc) is 2.54. The number of benzene rings is 1. The van der Waals surface area contributed by atoms with Gasteiger partial charge in [0.05, 0.1) is 18.9 Å². The second-order valence-electron chi connectivity index (χ2n) is 6.41. The van der Waals surface area contributed by atoms with Crippen LogP contribution in [-0.2, 0) is 14.3 Å². The number of hydrogen-bond acceptors (Lipinski definition) is 4. The highest BCUT2D eigenvalue weighted by atomic mass is 16.5. The number of rotatable bonds is 4. The Hall–Kier alpha value is -2.30. The lowest BCUT2D eigenvalue weighted by atomic mass is 9.86. The Bertz CT molecular complexity index is 616. The van der Waals surface area contributed by atoms with Crippen LogP contribution in [0, 0.1) is 5.41 Å². The summed E-state index contributed by atoms with van der Waals surface area (Å²) < 4.78 is 4.67. The number of phenols is 1. The van der Waals surface area contributed by atoms with Crippen molar-refractivity contribution in [2.24, 2.45) is 5.41 Å². The fraction of sp³-hybridized carbons (Fsp3) is 0.444. The summed E-state index contributed by atoms with van der Waals surface area (Å²) in [5.41, 5.74) is 1.46. The van der Waals surface area contributed by atoms with Gasteiger partial charge in [-0.05, 0) is 29.7 Å². The number of carbonyl (C=O) groups excluding carboxylic acids is 2. The van der Waals surface area contributed by atoms with Gasteiger partial charge in [-0.25, -0.2) is 0 Å². The van der Waals surface area contributed by atoms with Crippen molar-refractivity contribution in [3.63, 3.8) is 0 Å². The molecule has 1 amide bonds. The molecule has 23 heavy (non-hydrogen) atoms. The van der Waals surface area contributed by atoms with Gasteiger partial charge in [0.15, 0.2) is 0 Å². The molecular weight excluding hydrogens is 294 g/mol. The largest absolute Gasteiger partial charge is 0.508 e. The lowest BCUT2D eigenvalue weighted by Crippen LogP contribution is -2.44. The van der Waals surface area contributed by atoms with E-state index in [2.05, 4.69) is 4.74 Å². The van der Waals surface area contributed by atoms with E-state index in [1.165, 1.54) is 12.7 Å². The third-order valence-electron chi connectivity index (χ3n) is 4.13. The molecule has 0 fully saturated rings. The molecule has 2 rings (SSSR count). The number of nitrogens with zero attached hydrogens (tertiary/aromatic N) is 1. The Morgan fingerprint density at radius 2 is 1.91 bits per heavy atom. The molecule has 1 aromatic rings. The van der Waals surface area contributed by atoms with E-state index in [0.29, 0.717) is 13.1 Å². The third kappa shape index (κ3) is 4.12. The third-order valence-corrected chi connectivity index (χ3v) is 4.13. The van der Waals surface area contributed by atoms with E-state index in [1.54, 1.807) is 30.9 Å². The number of phenolic OH excluding ortho intramolecular Hbond substituents is 1. The highest BCUT2D eigenvalue weighted by molar-refractivity contribution is 5.87. The summed E-state index contributed by atoms with van der Waals surface area (Å²) in [4.78, 5) is 25.8. The SMILES string of the molecule is COC(=O)CC(C)(C)C(=O)N1CC=C(c2ccc(O)cc2)CC1. The predicted molar refractivity (Wildman–Crippen MR) is 87.7 cm³/mol. The van der Waals surface area contributed by atoms with Crippen molar-refractivity contribution in [3.05, 3.63) is 35.9 Å². The number of aromatic hydroxyl groups is 1. The first kappa shape index (κ1) is 17.1. The average molecular weight is 317 g/mol. The molecule has 0 saturated carbocycles. The van der Waals surface area contributed by atoms with Crippen LogP contribution in [-0.4, -0.2) is 42.1 Å². The molecule has 1 aromatic carbocycles. The summed E-state index contributed by atoms with van der Waals surface area (Å²) in [6, 6.07) is 7.07. The molecular formula is C18H23NO4. The molecule has 1 aliphatic heterocycles. The van der Waals surface area contributed by atoms with Crippen LogP contribution in [0.5, 0.6) is 5.75 Å². The summed E-state index contributed by atoms with van der Waals surface area (Å²) >= 11 is 0. The van der Waals surface area contributed by atoms with Gasteiger partial charge in [-0.1, -0.05) is 32.1 Å². The monoisotopic (exact) mass is 317 g/mol. The number of amides is 1. The number of esters is 1. The topological polar surface area (TPSA) is 66.8 Å². The van der Waals surface area contributed by atoms with Crippen molar-refractivity contribution >= 4 is 17.4 Å². The van der Waals surface area contributed by atoms with Gasteiger partial charge in [0.25, 0.3) is 0 Å². The standard InChI is InChI=1S/C18H23NO4/c1-18(2,12-16(21)23-3)17(22)19-10-8-14(9-11-19)13-4-6-15(20)7-5-13/h4-8,20H,9-12H2,1-3H3. The molecule has 124 valence electrons. The van der Waals surface area contributed by atoms with Gasteiger partial charge in [0.2, 0.25) is 5.91 Å². The lowest BCUT2D eigenvalue weighted by Gasteiger charge is -2.33. The van der Waals surface area contributed by atoms with Crippen molar-refractivity contribution in [3.8, 4) is 5.75 Å². The molecule has 0 bridgehead atoms. The molecule has 0 unspecified atom stereocenters. The Labute approximate surface area is 136 Å². The zero-order chi connectivity index (χ0) is 17.0. The fourth-order valence-corrected chi connectivity index (χ4v) is 2.73. The number of ether oxygens (including phenoxy) is 1. The minimum atomic E-state index is -0.767. The second-order valence-corrected chi connectivity index (χ2v) is 6.41.